The van der Waals surface area contributed by atoms with E-state index in [4.69, 9.17) is 0 Å². The Morgan fingerprint density at radius 2 is 1.65 bits per heavy atom. The summed E-state index contributed by atoms with van der Waals surface area (Å²) in [7, 11) is 0. The highest BCUT2D eigenvalue weighted by atomic mass is 16.2. The second-order valence-electron chi connectivity index (χ2n) is 5.37. The summed E-state index contributed by atoms with van der Waals surface area (Å²) in [6.45, 7) is 11.2. The number of hydrogen-bond acceptors (Lipinski definition) is 3. The lowest BCUT2D eigenvalue weighted by Crippen LogP contribution is -2.49. The van der Waals surface area contributed by atoms with Crippen molar-refractivity contribution in [2.45, 2.75) is 40.0 Å². The molecule has 20 heavy (non-hydrogen) atoms. The summed E-state index contributed by atoms with van der Waals surface area (Å²) in [5.41, 5.74) is 0. The van der Waals surface area contributed by atoms with E-state index in [9.17, 15) is 9.59 Å². The van der Waals surface area contributed by atoms with Crippen molar-refractivity contribution >= 4 is 11.8 Å². The molecule has 0 spiro atoms. The van der Waals surface area contributed by atoms with Gasteiger partial charge in [0.2, 0.25) is 11.8 Å². The zero-order valence-electron chi connectivity index (χ0n) is 13.2. The molecule has 2 amide bonds. The molecule has 5 heteroatoms. The molecule has 0 aromatic heterocycles. The average molecular weight is 283 g/mol. The maximum atomic E-state index is 12.0. The van der Waals surface area contributed by atoms with Crippen LogP contribution in [0.3, 0.4) is 0 Å². The van der Waals surface area contributed by atoms with E-state index in [1.165, 1.54) is 0 Å². The van der Waals surface area contributed by atoms with E-state index < -0.39 is 0 Å². The predicted octanol–water partition coefficient (Wildman–Crippen LogP) is 1.09. The van der Waals surface area contributed by atoms with E-state index in [2.05, 4.69) is 17.1 Å². The summed E-state index contributed by atoms with van der Waals surface area (Å²) in [6.07, 6.45) is 2.13. The SMILES string of the molecule is CCC(CC)C(=O)NCCC(=O)N1CCN(CC)CC1. The molecule has 0 unspecified atom stereocenters. The molecule has 1 N–H and O–H groups in total. The third-order valence-corrected chi connectivity index (χ3v) is 4.17. The predicted molar refractivity (Wildman–Crippen MR) is 80.4 cm³/mol. The van der Waals surface area contributed by atoms with Crippen molar-refractivity contribution in [2.24, 2.45) is 5.92 Å². The van der Waals surface area contributed by atoms with Gasteiger partial charge in [0, 0.05) is 45.1 Å². The maximum absolute atomic E-state index is 12.0. The molecule has 0 saturated carbocycles. The normalized spacial score (nSPS) is 16.5. The third-order valence-electron chi connectivity index (χ3n) is 4.17. The number of nitrogens with one attached hydrogen (secondary N) is 1. The number of carbonyl (C=O) groups is 2. The fourth-order valence-electron chi connectivity index (χ4n) is 2.57. The Balaban J connectivity index is 2.22. The molecule has 1 aliphatic rings. The van der Waals surface area contributed by atoms with Crippen molar-refractivity contribution in [3.05, 3.63) is 0 Å². The number of piperazine rings is 1. The Labute approximate surface area is 122 Å². The Morgan fingerprint density at radius 1 is 1.05 bits per heavy atom. The van der Waals surface area contributed by atoms with Crippen LogP contribution in [0.1, 0.15) is 40.0 Å². The number of amides is 2. The van der Waals surface area contributed by atoms with Crippen molar-refractivity contribution in [3.63, 3.8) is 0 Å². The Hall–Kier alpha value is -1.10. The van der Waals surface area contributed by atoms with E-state index in [0.29, 0.717) is 13.0 Å². The highest BCUT2D eigenvalue weighted by Gasteiger charge is 2.20. The second kappa shape index (κ2) is 8.95. The van der Waals surface area contributed by atoms with Crippen LogP contribution in [0.2, 0.25) is 0 Å². The molecule has 5 nitrogen and oxygen atoms in total. The molecule has 1 fully saturated rings. The van der Waals surface area contributed by atoms with Gasteiger partial charge in [0.05, 0.1) is 0 Å². The first-order valence-corrected chi connectivity index (χ1v) is 7.90. The molecular formula is C15H29N3O2. The standard InChI is InChI=1S/C15H29N3O2/c1-4-13(5-2)15(20)16-8-7-14(19)18-11-9-17(6-3)10-12-18/h13H,4-12H2,1-3H3,(H,16,20). The zero-order valence-corrected chi connectivity index (χ0v) is 13.2. The molecule has 0 aliphatic carbocycles. The molecule has 1 rings (SSSR count). The molecule has 1 saturated heterocycles. The fraction of sp³-hybridized carbons (Fsp3) is 0.867. The largest absolute Gasteiger partial charge is 0.355 e. The first-order valence-electron chi connectivity index (χ1n) is 7.90. The van der Waals surface area contributed by atoms with E-state index >= 15 is 0 Å². The van der Waals surface area contributed by atoms with E-state index in [-0.39, 0.29) is 17.7 Å². The molecule has 0 aromatic carbocycles. The highest BCUT2D eigenvalue weighted by Crippen LogP contribution is 2.07. The van der Waals surface area contributed by atoms with Gasteiger partial charge >= 0.3 is 0 Å². The summed E-state index contributed by atoms with van der Waals surface area (Å²) in [4.78, 5) is 28.1. The molecule has 0 bridgehead atoms. The minimum atomic E-state index is 0.0817. The van der Waals surface area contributed by atoms with E-state index in [1.807, 2.05) is 18.7 Å². The number of nitrogens with zero attached hydrogens (tertiary/aromatic N) is 2. The van der Waals surface area contributed by atoms with Gasteiger partial charge in [-0.2, -0.15) is 0 Å². The van der Waals surface area contributed by atoms with Crippen LogP contribution in [0.5, 0.6) is 0 Å². The fourth-order valence-corrected chi connectivity index (χ4v) is 2.57. The number of hydrogen-bond donors (Lipinski definition) is 1. The van der Waals surface area contributed by atoms with Crippen LogP contribution in [-0.4, -0.2) is 60.9 Å². The minimum absolute atomic E-state index is 0.0817. The molecule has 0 atom stereocenters. The van der Waals surface area contributed by atoms with E-state index in [1.54, 1.807) is 0 Å². The van der Waals surface area contributed by atoms with Gasteiger partial charge in [0.15, 0.2) is 0 Å². The van der Waals surface area contributed by atoms with Crippen LogP contribution in [0, 0.1) is 5.92 Å². The first kappa shape index (κ1) is 17.0. The molecule has 0 radical (unpaired) electrons. The van der Waals surface area contributed by atoms with Crippen LogP contribution in [-0.2, 0) is 9.59 Å². The van der Waals surface area contributed by atoms with Gasteiger partial charge in [-0.05, 0) is 19.4 Å². The maximum Gasteiger partial charge on any atom is 0.224 e. The molecular weight excluding hydrogens is 254 g/mol. The third kappa shape index (κ3) is 5.12. The zero-order chi connectivity index (χ0) is 15.0. The molecule has 0 aromatic rings. The van der Waals surface area contributed by atoms with Gasteiger partial charge < -0.3 is 15.1 Å². The molecule has 116 valence electrons. The highest BCUT2D eigenvalue weighted by molar-refractivity contribution is 5.80. The van der Waals surface area contributed by atoms with Gasteiger partial charge in [-0.1, -0.05) is 20.8 Å². The number of likely N-dealkylation sites (N-methyl/N-ethyl adjacent to an activating group) is 1. The van der Waals surface area contributed by atoms with E-state index in [0.717, 1.165) is 45.6 Å². The van der Waals surface area contributed by atoms with Gasteiger partial charge in [-0.3, -0.25) is 9.59 Å². The quantitative estimate of drug-likeness (QED) is 0.761. The van der Waals surface area contributed by atoms with Crippen molar-refractivity contribution in [1.82, 2.24) is 15.1 Å². The van der Waals surface area contributed by atoms with Crippen LogP contribution in [0.15, 0.2) is 0 Å². The van der Waals surface area contributed by atoms with Gasteiger partial charge in [0.25, 0.3) is 0 Å². The Kier molecular flexibility index (Phi) is 7.59. The lowest BCUT2D eigenvalue weighted by atomic mass is 10.0. The summed E-state index contributed by atoms with van der Waals surface area (Å²) in [5, 5.41) is 2.88. The summed E-state index contributed by atoms with van der Waals surface area (Å²) in [6, 6.07) is 0. The summed E-state index contributed by atoms with van der Waals surface area (Å²) < 4.78 is 0. The van der Waals surface area contributed by atoms with Crippen molar-refractivity contribution in [1.29, 1.82) is 0 Å². The van der Waals surface area contributed by atoms with Crippen molar-refractivity contribution in [2.75, 3.05) is 39.3 Å². The van der Waals surface area contributed by atoms with Crippen LogP contribution in [0.25, 0.3) is 0 Å². The summed E-state index contributed by atoms with van der Waals surface area (Å²) in [5.74, 6) is 0.322. The molecule has 1 heterocycles. The number of carbonyl (C=O) groups excluding carboxylic acids is 2. The van der Waals surface area contributed by atoms with Crippen LogP contribution < -0.4 is 5.32 Å². The Bertz CT molecular complexity index is 308. The van der Waals surface area contributed by atoms with Gasteiger partial charge in [-0.15, -0.1) is 0 Å². The summed E-state index contributed by atoms with van der Waals surface area (Å²) >= 11 is 0. The van der Waals surface area contributed by atoms with Gasteiger partial charge in [0.1, 0.15) is 0 Å². The lowest BCUT2D eigenvalue weighted by Gasteiger charge is -2.34. The van der Waals surface area contributed by atoms with Gasteiger partial charge in [-0.25, -0.2) is 0 Å². The molecule has 1 aliphatic heterocycles. The lowest BCUT2D eigenvalue weighted by molar-refractivity contribution is -0.133. The second-order valence-corrected chi connectivity index (χ2v) is 5.37. The van der Waals surface area contributed by atoms with Crippen LogP contribution >= 0.6 is 0 Å². The number of rotatable bonds is 7. The smallest absolute Gasteiger partial charge is 0.224 e. The van der Waals surface area contributed by atoms with Crippen LogP contribution in [0.4, 0.5) is 0 Å². The Morgan fingerprint density at radius 3 is 2.15 bits per heavy atom. The minimum Gasteiger partial charge on any atom is -0.355 e. The average Bonchev–Trinajstić information content (AvgIpc) is 2.48. The van der Waals surface area contributed by atoms with Crippen molar-refractivity contribution in [3.8, 4) is 0 Å². The topological polar surface area (TPSA) is 52.7 Å². The van der Waals surface area contributed by atoms with Crippen molar-refractivity contribution < 1.29 is 9.59 Å². The monoisotopic (exact) mass is 283 g/mol. The first-order chi connectivity index (χ1) is 9.62.